The van der Waals surface area contributed by atoms with E-state index < -0.39 is 0 Å². The summed E-state index contributed by atoms with van der Waals surface area (Å²) in [6, 6.07) is 15.5. The maximum absolute atomic E-state index is 13.5. The molecule has 5 rings (SSSR count). The number of aromatic nitrogens is 3. The van der Waals surface area contributed by atoms with Gasteiger partial charge in [-0.1, -0.05) is 30.3 Å². The van der Waals surface area contributed by atoms with Gasteiger partial charge in [0.05, 0.1) is 12.0 Å². The Morgan fingerprint density at radius 2 is 1.75 bits per heavy atom. The van der Waals surface area contributed by atoms with E-state index in [4.69, 9.17) is 9.40 Å². The molecule has 1 aromatic carbocycles. The maximum atomic E-state index is 13.5. The topological polar surface area (TPSA) is 75.4 Å². The third-order valence-electron chi connectivity index (χ3n) is 5.44. The van der Waals surface area contributed by atoms with E-state index in [1.807, 2.05) is 67.3 Å². The van der Waals surface area contributed by atoms with Gasteiger partial charge in [-0.15, -0.1) is 11.3 Å². The monoisotopic (exact) mass is 445 g/mol. The van der Waals surface area contributed by atoms with Crippen molar-refractivity contribution >= 4 is 23.1 Å². The lowest BCUT2D eigenvalue weighted by Gasteiger charge is -2.35. The minimum Gasteiger partial charge on any atom is -0.462 e. The number of carbonyl (C=O) groups is 1. The number of thiazole rings is 1. The number of piperazine rings is 1. The predicted octanol–water partition coefficient (Wildman–Crippen LogP) is 4.44. The summed E-state index contributed by atoms with van der Waals surface area (Å²) in [4.78, 5) is 32.0. The van der Waals surface area contributed by atoms with E-state index in [9.17, 15) is 4.79 Å². The van der Waals surface area contributed by atoms with Crippen LogP contribution < -0.4 is 4.90 Å². The fraction of sp³-hybridized carbons (Fsp3) is 0.250. The number of anilines is 1. The van der Waals surface area contributed by atoms with Gasteiger partial charge in [-0.25, -0.2) is 15.0 Å². The number of hydrogen-bond donors (Lipinski definition) is 0. The van der Waals surface area contributed by atoms with Crippen molar-refractivity contribution in [2.24, 2.45) is 0 Å². The molecule has 0 bridgehead atoms. The first-order valence-electron chi connectivity index (χ1n) is 10.5. The summed E-state index contributed by atoms with van der Waals surface area (Å²) in [6.07, 6.45) is 1.62. The summed E-state index contributed by atoms with van der Waals surface area (Å²) in [5.41, 5.74) is 2.58. The molecule has 1 aliphatic heterocycles. The highest BCUT2D eigenvalue weighted by Crippen LogP contribution is 2.35. The number of furan rings is 1. The quantitative estimate of drug-likeness (QED) is 0.462. The van der Waals surface area contributed by atoms with Crippen LogP contribution in [-0.2, 0) is 0 Å². The fourth-order valence-electron chi connectivity index (χ4n) is 3.90. The van der Waals surface area contributed by atoms with Gasteiger partial charge in [-0.2, -0.15) is 0 Å². The van der Waals surface area contributed by atoms with E-state index in [0.717, 1.165) is 36.0 Å². The summed E-state index contributed by atoms with van der Waals surface area (Å²) >= 11 is 1.38. The molecular formula is C24H23N5O2S. The summed E-state index contributed by atoms with van der Waals surface area (Å²) in [7, 11) is 0. The van der Waals surface area contributed by atoms with E-state index >= 15 is 0 Å². The van der Waals surface area contributed by atoms with Gasteiger partial charge in [-0.05, 0) is 26.0 Å². The van der Waals surface area contributed by atoms with Crippen LogP contribution in [0.3, 0.4) is 0 Å². The van der Waals surface area contributed by atoms with Crippen LogP contribution in [0.1, 0.15) is 21.2 Å². The molecule has 0 unspecified atom stereocenters. The molecule has 1 amide bonds. The molecule has 1 saturated heterocycles. The fourth-order valence-corrected chi connectivity index (χ4v) is 4.93. The summed E-state index contributed by atoms with van der Waals surface area (Å²) in [6.45, 7) is 6.59. The molecule has 8 heteroatoms. The van der Waals surface area contributed by atoms with Crippen molar-refractivity contribution in [1.29, 1.82) is 0 Å². The number of rotatable bonds is 4. The minimum atomic E-state index is 0.00820. The molecular weight excluding hydrogens is 422 g/mol. The Kier molecular flexibility index (Phi) is 5.45. The number of aryl methyl sites for hydroxylation is 2. The molecule has 3 aromatic heterocycles. The summed E-state index contributed by atoms with van der Waals surface area (Å²) < 4.78 is 5.54. The van der Waals surface area contributed by atoms with E-state index in [1.165, 1.54) is 11.3 Å². The summed E-state index contributed by atoms with van der Waals surface area (Å²) in [5.74, 6) is 2.37. The van der Waals surface area contributed by atoms with Crippen LogP contribution in [-0.4, -0.2) is 51.9 Å². The van der Waals surface area contributed by atoms with Crippen LogP contribution >= 0.6 is 11.3 Å². The Labute approximate surface area is 190 Å². The molecule has 0 radical (unpaired) electrons. The van der Waals surface area contributed by atoms with Gasteiger partial charge >= 0.3 is 0 Å². The third-order valence-corrected chi connectivity index (χ3v) is 6.50. The molecule has 1 aliphatic rings. The molecule has 0 saturated carbocycles. The van der Waals surface area contributed by atoms with Crippen molar-refractivity contribution in [3.05, 3.63) is 71.2 Å². The van der Waals surface area contributed by atoms with Crippen LogP contribution in [0.5, 0.6) is 0 Å². The molecule has 4 heterocycles. The Hall–Kier alpha value is -3.52. The van der Waals surface area contributed by atoms with Gasteiger partial charge in [0, 0.05) is 43.5 Å². The number of benzene rings is 1. The molecule has 162 valence electrons. The molecule has 7 nitrogen and oxygen atoms in total. The second-order valence-corrected chi connectivity index (χ2v) is 8.73. The molecule has 0 spiro atoms. The highest BCUT2D eigenvalue weighted by atomic mass is 32.1. The van der Waals surface area contributed by atoms with Crippen molar-refractivity contribution in [3.8, 4) is 22.0 Å². The largest absolute Gasteiger partial charge is 0.462 e. The molecule has 4 aromatic rings. The van der Waals surface area contributed by atoms with Crippen molar-refractivity contribution < 1.29 is 9.21 Å². The molecule has 32 heavy (non-hydrogen) atoms. The number of amides is 1. The van der Waals surface area contributed by atoms with E-state index in [0.29, 0.717) is 34.4 Å². The summed E-state index contributed by atoms with van der Waals surface area (Å²) in [5, 5.41) is 0.711. The Balaban J connectivity index is 1.40. The van der Waals surface area contributed by atoms with E-state index in [2.05, 4.69) is 14.9 Å². The minimum absolute atomic E-state index is 0.00820. The lowest BCUT2D eigenvalue weighted by molar-refractivity contribution is 0.0752. The van der Waals surface area contributed by atoms with Crippen molar-refractivity contribution in [2.45, 2.75) is 13.8 Å². The normalized spacial score (nSPS) is 14.1. The molecule has 0 atom stereocenters. The zero-order valence-corrected chi connectivity index (χ0v) is 18.8. The van der Waals surface area contributed by atoms with Gasteiger partial charge in [-0.3, -0.25) is 4.79 Å². The van der Waals surface area contributed by atoms with Crippen LogP contribution in [0.15, 0.2) is 59.2 Å². The average molecular weight is 446 g/mol. The molecule has 1 fully saturated rings. The van der Waals surface area contributed by atoms with E-state index in [-0.39, 0.29) is 5.91 Å². The highest BCUT2D eigenvalue weighted by molar-refractivity contribution is 7.17. The smallest absolute Gasteiger partial charge is 0.266 e. The van der Waals surface area contributed by atoms with Gasteiger partial charge in [0.2, 0.25) is 0 Å². The zero-order valence-electron chi connectivity index (χ0n) is 18.0. The lowest BCUT2D eigenvalue weighted by atomic mass is 10.1. The van der Waals surface area contributed by atoms with Crippen molar-refractivity contribution in [3.63, 3.8) is 0 Å². The predicted molar refractivity (Wildman–Crippen MR) is 125 cm³/mol. The Bertz CT molecular complexity index is 1210. The molecule has 0 aliphatic carbocycles. The van der Waals surface area contributed by atoms with Gasteiger partial charge in [0.25, 0.3) is 5.91 Å². The van der Waals surface area contributed by atoms with Crippen LogP contribution in [0, 0.1) is 13.8 Å². The second kappa shape index (κ2) is 8.55. The Morgan fingerprint density at radius 3 is 2.44 bits per heavy atom. The Morgan fingerprint density at radius 1 is 0.969 bits per heavy atom. The second-order valence-electron chi connectivity index (χ2n) is 7.73. The van der Waals surface area contributed by atoms with Crippen molar-refractivity contribution in [1.82, 2.24) is 19.9 Å². The third kappa shape index (κ3) is 4.01. The lowest BCUT2D eigenvalue weighted by Crippen LogP contribution is -2.49. The van der Waals surface area contributed by atoms with E-state index in [1.54, 1.807) is 6.26 Å². The number of hydrogen-bond acceptors (Lipinski definition) is 7. The average Bonchev–Trinajstić information content (AvgIpc) is 3.49. The first-order chi connectivity index (χ1) is 15.6. The van der Waals surface area contributed by atoms with Gasteiger partial charge in [0.1, 0.15) is 16.5 Å². The SMILES string of the molecule is Cc1cc(N2CCN(C(=O)c3sc(-c4ccco4)nc3-c3ccccc3)CC2)nc(C)n1. The van der Waals surface area contributed by atoms with Gasteiger partial charge < -0.3 is 14.2 Å². The maximum Gasteiger partial charge on any atom is 0.266 e. The van der Waals surface area contributed by atoms with Gasteiger partial charge in [0.15, 0.2) is 10.8 Å². The highest BCUT2D eigenvalue weighted by Gasteiger charge is 2.28. The zero-order chi connectivity index (χ0) is 22.1. The first kappa shape index (κ1) is 20.4. The molecule has 0 N–H and O–H groups in total. The first-order valence-corrected chi connectivity index (χ1v) is 11.4. The van der Waals surface area contributed by atoms with Crippen LogP contribution in [0.4, 0.5) is 5.82 Å². The number of nitrogens with zero attached hydrogens (tertiary/aromatic N) is 5. The van der Waals surface area contributed by atoms with Crippen LogP contribution in [0.2, 0.25) is 0 Å². The number of carbonyl (C=O) groups excluding carboxylic acids is 1. The van der Waals surface area contributed by atoms with Crippen molar-refractivity contribution in [2.75, 3.05) is 31.1 Å². The van der Waals surface area contributed by atoms with Crippen LogP contribution in [0.25, 0.3) is 22.0 Å². The standard InChI is InChI=1S/C24H23N5O2S/c1-16-15-20(26-17(2)25-16)28-10-12-29(13-11-28)24(30)22-21(18-7-4-3-5-8-18)27-23(32-22)19-9-6-14-31-19/h3-9,14-15H,10-13H2,1-2H3.